The van der Waals surface area contributed by atoms with Gasteiger partial charge in [0.05, 0.1) is 7.11 Å². The summed E-state index contributed by atoms with van der Waals surface area (Å²) in [6, 6.07) is 13.3. The van der Waals surface area contributed by atoms with E-state index in [1.54, 1.807) is 19.2 Å². The van der Waals surface area contributed by atoms with Gasteiger partial charge in [0.2, 0.25) is 0 Å². The molecule has 0 aromatic heterocycles. The summed E-state index contributed by atoms with van der Waals surface area (Å²) in [5, 5.41) is 3.15. The number of nitrogens with one attached hydrogen (secondary N) is 1. The third-order valence-electron chi connectivity index (χ3n) is 4.26. The average Bonchev–Trinajstić information content (AvgIpc) is 2.56. The molecular formula is C20H27ClN2O2. The van der Waals surface area contributed by atoms with E-state index in [1.165, 1.54) is 0 Å². The second-order valence-corrected chi connectivity index (χ2v) is 6.41. The molecule has 1 atom stereocenters. The molecular weight excluding hydrogens is 336 g/mol. The van der Waals surface area contributed by atoms with Crippen LogP contribution in [0.15, 0.2) is 42.5 Å². The topological polar surface area (TPSA) is 64.3 Å². The van der Waals surface area contributed by atoms with Crippen molar-refractivity contribution >= 4 is 24.0 Å². The molecule has 136 valence electrons. The van der Waals surface area contributed by atoms with Crippen LogP contribution in [0.1, 0.15) is 35.3 Å². The molecule has 4 nitrogen and oxygen atoms in total. The van der Waals surface area contributed by atoms with E-state index in [0.29, 0.717) is 17.2 Å². The number of hydrogen-bond donors (Lipinski definition) is 2. The van der Waals surface area contributed by atoms with E-state index < -0.39 is 0 Å². The first-order valence-electron chi connectivity index (χ1n) is 8.21. The van der Waals surface area contributed by atoms with Crippen LogP contribution < -0.4 is 15.8 Å². The molecule has 25 heavy (non-hydrogen) atoms. The molecule has 0 saturated carbocycles. The Kier molecular flexibility index (Phi) is 7.78. The Labute approximate surface area is 156 Å². The number of ether oxygens (including phenoxy) is 1. The lowest BCUT2D eigenvalue weighted by Gasteiger charge is -2.24. The largest absolute Gasteiger partial charge is 0.496 e. The molecule has 0 aliphatic heterocycles. The summed E-state index contributed by atoms with van der Waals surface area (Å²) in [4.78, 5) is 12.7. The van der Waals surface area contributed by atoms with Crippen molar-refractivity contribution < 1.29 is 9.53 Å². The number of halogens is 1. The van der Waals surface area contributed by atoms with Crippen LogP contribution in [0.2, 0.25) is 0 Å². The number of para-hydroxylation sites is 1. The first-order valence-corrected chi connectivity index (χ1v) is 8.21. The Balaban J connectivity index is 0.00000312. The van der Waals surface area contributed by atoms with Gasteiger partial charge in [-0.25, -0.2) is 0 Å². The number of carbonyl (C=O) groups is 1. The van der Waals surface area contributed by atoms with Gasteiger partial charge in [-0.3, -0.25) is 4.79 Å². The fraction of sp³-hybridized carbons (Fsp3) is 0.350. The Morgan fingerprint density at radius 1 is 1.20 bits per heavy atom. The minimum atomic E-state index is -0.0894. The molecule has 0 aliphatic carbocycles. The summed E-state index contributed by atoms with van der Waals surface area (Å²) in [6.07, 6.45) is 0.717. The van der Waals surface area contributed by atoms with Gasteiger partial charge in [-0.1, -0.05) is 38.1 Å². The molecule has 0 heterocycles. The van der Waals surface area contributed by atoms with Crippen LogP contribution in [0.25, 0.3) is 0 Å². The highest BCUT2D eigenvalue weighted by Crippen LogP contribution is 2.21. The Morgan fingerprint density at radius 2 is 1.88 bits per heavy atom. The third kappa shape index (κ3) is 5.40. The van der Waals surface area contributed by atoms with Gasteiger partial charge < -0.3 is 15.8 Å². The lowest BCUT2D eigenvalue weighted by atomic mass is 9.95. The molecule has 0 aliphatic rings. The maximum Gasteiger partial charge on any atom is 0.251 e. The summed E-state index contributed by atoms with van der Waals surface area (Å²) in [5.74, 6) is 1.05. The number of carbonyl (C=O) groups excluding carboxylic acids is 1. The summed E-state index contributed by atoms with van der Waals surface area (Å²) >= 11 is 0. The second kappa shape index (κ2) is 9.33. The monoisotopic (exact) mass is 362 g/mol. The number of rotatable bonds is 6. The van der Waals surface area contributed by atoms with Crippen LogP contribution in [-0.2, 0) is 6.42 Å². The van der Waals surface area contributed by atoms with Crippen molar-refractivity contribution in [1.82, 2.24) is 5.32 Å². The molecule has 0 radical (unpaired) electrons. The van der Waals surface area contributed by atoms with E-state index in [9.17, 15) is 4.79 Å². The van der Waals surface area contributed by atoms with E-state index in [1.807, 2.05) is 37.3 Å². The highest BCUT2D eigenvalue weighted by atomic mass is 35.5. The van der Waals surface area contributed by atoms with E-state index in [2.05, 4.69) is 19.2 Å². The Hall–Kier alpha value is -2.20. The van der Waals surface area contributed by atoms with Crippen molar-refractivity contribution in [1.29, 1.82) is 0 Å². The van der Waals surface area contributed by atoms with Crippen molar-refractivity contribution in [2.75, 3.05) is 12.8 Å². The molecule has 2 aromatic rings. The standard InChI is InChI=1S/C20H26N2O2.ClH/c1-13(2)18(11-15-7-5-6-8-19(15)24-4)22-20(23)17-12-16(21)10-9-14(17)3;/h5-10,12-13,18H,11,21H2,1-4H3,(H,22,23);1H. The SMILES string of the molecule is COc1ccccc1CC(NC(=O)c1cc(N)ccc1C)C(C)C.Cl. The van der Waals surface area contributed by atoms with Crippen LogP contribution in [0.5, 0.6) is 5.75 Å². The fourth-order valence-electron chi connectivity index (χ4n) is 2.69. The van der Waals surface area contributed by atoms with Gasteiger partial charge >= 0.3 is 0 Å². The lowest BCUT2D eigenvalue weighted by Crippen LogP contribution is -2.40. The number of amides is 1. The van der Waals surface area contributed by atoms with Crippen molar-refractivity contribution in [3.05, 3.63) is 59.2 Å². The second-order valence-electron chi connectivity index (χ2n) is 6.41. The molecule has 0 spiro atoms. The zero-order valence-electron chi connectivity index (χ0n) is 15.2. The van der Waals surface area contributed by atoms with Gasteiger partial charge in [0.15, 0.2) is 0 Å². The number of benzene rings is 2. The quantitative estimate of drug-likeness (QED) is 0.763. The van der Waals surface area contributed by atoms with E-state index in [-0.39, 0.29) is 24.4 Å². The van der Waals surface area contributed by atoms with Crippen LogP contribution in [0.3, 0.4) is 0 Å². The van der Waals surface area contributed by atoms with E-state index in [0.717, 1.165) is 23.3 Å². The maximum absolute atomic E-state index is 12.7. The number of anilines is 1. The van der Waals surface area contributed by atoms with Crippen LogP contribution >= 0.6 is 12.4 Å². The van der Waals surface area contributed by atoms with Gasteiger partial charge in [0.1, 0.15) is 5.75 Å². The minimum Gasteiger partial charge on any atom is -0.496 e. The fourth-order valence-corrected chi connectivity index (χ4v) is 2.69. The minimum absolute atomic E-state index is 0. The Morgan fingerprint density at radius 3 is 2.52 bits per heavy atom. The molecule has 3 N–H and O–H groups in total. The van der Waals surface area contributed by atoms with Gasteiger partial charge in [0.25, 0.3) is 5.91 Å². The number of aryl methyl sites for hydroxylation is 1. The molecule has 0 bridgehead atoms. The molecule has 1 amide bonds. The van der Waals surface area contributed by atoms with Crippen LogP contribution in [-0.4, -0.2) is 19.1 Å². The lowest BCUT2D eigenvalue weighted by molar-refractivity contribution is 0.0925. The number of nitrogen functional groups attached to an aromatic ring is 1. The molecule has 0 saturated heterocycles. The summed E-state index contributed by atoms with van der Waals surface area (Å²) in [6.45, 7) is 6.12. The van der Waals surface area contributed by atoms with Gasteiger partial charge in [-0.2, -0.15) is 0 Å². The normalized spacial score (nSPS) is 11.6. The van der Waals surface area contributed by atoms with Gasteiger partial charge in [-0.05, 0) is 48.6 Å². The first-order chi connectivity index (χ1) is 11.4. The smallest absolute Gasteiger partial charge is 0.251 e. The van der Waals surface area contributed by atoms with Crippen LogP contribution in [0.4, 0.5) is 5.69 Å². The average molecular weight is 363 g/mol. The van der Waals surface area contributed by atoms with E-state index >= 15 is 0 Å². The number of hydrogen-bond acceptors (Lipinski definition) is 3. The maximum atomic E-state index is 12.7. The predicted molar refractivity (Wildman–Crippen MR) is 106 cm³/mol. The molecule has 2 aromatic carbocycles. The van der Waals surface area contributed by atoms with E-state index in [4.69, 9.17) is 10.5 Å². The molecule has 0 fully saturated rings. The highest BCUT2D eigenvalue weighted by molar-refractivity contribution is 5.96. The van der Waals surface area contributed by atoms with Crippen LogP contribution in [0, 0.1) is 12.8 Å². The Bertz CT molecular complexity index is 717. The summed E-state index contributed by atoms with van der Waals surface area (Å²) in [5.41, 5.74) is 9.04. The van der Waals surface area contributed by atoms with Crippen molar-refractivity contribution in [2.45, 2.75) is 33.2 Å². The zero-order chi connectivity index (χ0) is 17.7. The third-order valence-corrected chi connectivity index (χ3v) is 4.26. The number of nitrogens with two attached hydrogens (primary N) is 1. The number of methoxy groups -OCH3 is 1. The first kappa shape index (κ1) is 20.8. The molecule has 5 heteroatoms. The molecule has 1 unspecified atom stereocenters. The summed E-state index contributed by atoms with van der Waals surface area (Å²) < 4.78 is 5.42. The predicted octanol–water partition coefficient (Wildman–Crippen LogP) is 4.00. The zero-order valence-corrected chi connectivity index (χ0v) is 16.0. The van der Waals surface area contributed by atoms with Crippen molar-refractivity contribution in [3.63, 3.8) is 0 Å². The van der Waals surface area contributed by atoms with Gasteiger partial charge in [0, 0.05) is 17.3 Å². The summed E-state index contributed by atoms with van der Waals surface area (Å²) in [7, 11) is 1.66. The molecule has 2 rings (SSSR count). The van der Waals surface area contributed by atoms with Crippen molar-refractivity contribution in [3.8, 4) is 5.75 Å². The van der Waals surface area contributed by atoms with Crippen molar-refractivity contribution in [2.24, 2.45) is 5.92 Å². The van der Waals surface area contributed by atoms with Gasteiger partial charge in [-0.15, -0.1) is 12.4 Å². The highest BCUT2D eigenvalue weighted by Gasteiger charge is 2.20.